The lowest BCUT2D eigenvalue weighted by Gasteiger charge is -2.19. The zero-order valence-electron chi connectivity index (χ0n) is 20.8. The van der Waals surface area contributed by atoms with E-state index in [0.29, 0.717) is 55.5 Å². The van der Waals surface area contributed by atoms with Crippen LogP contribution in [0.2, 0.25) is 0 Å². The molecule has 0 aliphatic heterocycles. The molecule has 0 saturated carbocycles. The zero-order valence-corrected chi connectivity index (χ0v) is 20.8. The standard InChI is InChI=1S/C27H36O7/c1-6-11-21-24(12-9-13-25(21)34-19(5)27(30)31-8-3)32-14-10-15-33-26-17-23(29)22(18(4)28)16-20(26)7-2/h9,12-13,16-17,19,29H,6-8,10-11,14-15H2,1-5H3. The summed E-state index contributed by atoms with van der Waals surface area (Å²) in [7, 11) is 0. The number of ketones is 1. The van der Waals surface area contributed by atoms with Gasteiger partial charge in [-0.1, -0.05) is 26.3 Å². The van der Waals surface area contributed by atoms with Gasteiger partial charge in [-0.25, -0.2) is 4.79 Å². The van der Waals surface area contributed by atoms with Crippen molar-refractivity contribution in [1.82, 2.24) is 0 Å². The Kier molecular flexibility index (Phi) is 10.7. The van der Waals surface area contributed by atoms with Crippen LogP contribution in [0, 0.1) is 0 Å². The van der Waals surface area contributed by atoms with E-state index in [-0.39, 0.29) is 11.5 Å². The van der Waals surface area contributed by atoms with Crippen molar-refractivity contribution in [2.45, 2.75) is 66.4 Å². The van der Waals surface area contributed by atoms with Crippen molar-refractivity contribution in [1.29, 1.82) is 0 Å². The molecule has 0 aliphatic carbocycles. The van der Waals surface area contributed by atoms with E-state index in [9.17, 15) is 14.7 Å². The molecule has 0 amide bonds. The highest BCUT2D eigenvalue weighted by Gasteiger charge is 2.19. The number of Topliss-reactive ketones (excluding diaryl/α,β-unsaturated/α-hetero) is 1. The lowest BCUT2D eigenvalue weighted by molar-refractivity contribution is -0.150. The third kappa shape index (κ3) is 7.40. The van der Waals surface area contributed by atoms with Gasteiger partial charge in [0.25, 0.3) is 0 Å². The molecule has 0 heterocycles. The van der Waals surface area contributed by atoms with Gasteiger partial charge in [0.1, 0.15) is 23.0 Å². The second-order valence-electron chi connectivity index (χ2n) is 7.93. The Hall–Kier alpha value is -3.22. The zero-order chi connectivity index (χ0) is 25.1. The van der Waals surface area contributed by atoms with E-state index in [0.717, 1.165) is 24.0 Å². The molecule has 0 aromatic heterocycles. The molecule has 186 valence electrons. The second-order valence-corrected chi connectivity index (χ2v) is 7.93. The molecule has 1 atom stereocenters. The van der Waals surface area contributed by atoms with E-state index in [1.54, 1.807) is 19.9 Å². The van der Waals surface area contributed by atoms with Crippen LogP contribution >= 0.6 is 0 Å². The van der Waals surface area contributed by atoms with Crippen LogP contribution in [0.1, 0.15) is 68.9 Å². The minimum Gasteiger partial charge on any atom is -0.507 e. The van der Waals surface area contributed by atoms with Crippen molar-refractivity contribution >= 4 is 11.8 Å². The maximum Gasteiger partial charge on any atom is 0.347 e. The molecule has 0 fully saturated rings. The van der Waals surface area contributed by atoms with E-state index >= 15 is 0 Å². The molecule has 0 spiro atoms. The van der Waals surface area contributed by atoms with Crippen molar-refractivity contribution in [3.8, 4) is 23.0 Å². The third-order valence-corrected chi connectivity index (χ3v) is 5.26. The first-order chi connectivity index (χ1) is 16.3. The SMILES string of the molecule is CCCc1c(OCCCOc2cc(O)c(C(C)=O)cc2CC)cccc1OC(C)C(=O)OCC. The summed E-state index contributed by atoms with van der Waals surface area (Å²) in [5, 5.41) is 10.1. The Bertz CT molecular complexity index is 968. The summed E-state index contributed by atoms with van der Waals surface area (Å²) < 4.78 is 22.8. The lowest BCUT2D eigenvalue weighted by Crippen LogP contribution is -2.26. The number of phenolic OH excluding ortho intramolecular Hbond substituents is 1. The number of hydrogen-bond acceptors (Lipinski definition) is 7. The summed E-state index contributed by atoms with van der Waals surface area (Å²) in [6.07, 6.45) is 2.24. The molecule has 0 radical (unpaired) electrons. The van der Waals surface area contributed by atoms with Crippen LogP contribution < -0.4 is 14.2 Å². The molecule has 0 bridgehead atoms. The molecule has 7 nitrogen and oxygen atoms in total. The molecule has 2 rings (SSSR count). The number of ether oxygens (including phenoxy) is 4. The van der Waals surface area contributed by atoms with E-state index in [2.05, 4.69) is 6.92 Å². The predicted octanol–water partition coefficient (Wildman–Crippen LogP) is 5.29. The monoisotopic (exact) mass is 472 g/mol. The van der Waals surface area contributed by atoms with E-state index < -0.39 is 12.1 Å². The van der Waals surface area contributed by atoms with Gasteiger partial charge in [0.2, 0.25) is 0 Å². The summed E-state index contributed by atoms with van der Waals surface area (Å²) in [6.45, 7) is 10.0. The summed E-state index contributed by atoms with van der Waals surface area (Å²) >= 11 is 0. The average molecular weight is 473 g/mol. The molecular formula is C27H36O7. The number of benzene rings is 2. The largest absolute Gasteiger partial charge is 0.507 e. The molecule has 2 aromatic carbocycles. The van der Waals surface area contributed by atoms with Gasteiger partial charge >= 0.3 is 5.97 Å². The topological polar surface area (TPSA) is 91.3 Å². The van der Waals surface area contributed by atoms with Crippen LogP contribution in [-0.4, -0.2) is 42.8 Å². The van der Waals surface area contributed by atoms with Gasteiger partial charge in [-0.3, -0.25) is 4.79 Å². The lowest BCUT2D eigenvalue weighted by atomic mass is 10.0. The molecule has 34 heavy (non-hydrogen) atoms. The smallest absolute Gasteiger partial charge is 0.347 e. The Morgan fingerprint density at radius 2 is 1.68 bits per heavy atom. The highest BCUT2D eigenvalue weighted by atomic mass is 16.6. The van der Waals surface area contributed by atoms with E-state index in [4.69, 9.17) is 18.9 Å². The molecule has 2 aromatic rings. The van der Waals surface area contributed by atoms with Gasteiger partial charge < -0.3 is 24.1 Å². The highest BCUT2D eigenvalue weighted by Crippen LogP contribution is 2.32. The molecular weight excluding hydrogens is 436 g/mol. The first-order valence-electron chi connectivity index (χ1n) is 11.9. The van der Waals surface area contributed by atoms with E-state index in [1.165, 1.54) is 13.0 Å². The Morgan fingerprint density at radius 3 is 2.29 bits per heavy atom. The first kappa shape index (κ1) is 27.0. The van der Waals surface area contributed by atoms with Gasteiger partial charge in [-0.2, -0.15) is 0 Å². The summed E-state index contributed by atoms with van der Waals surface area (Å²) in [6, 6.07) is 8.75. The van der Waals surface area contributed by atoms with Crippen molar-refractivity contribution in [3.05, 3.63) is 47.0 Å². The van der Waals surface area contributed by atoms with Gasteiger partial charge in [0.05, 0.1) is 25.4 Å². The maximum atomic E-state index is 12.0. The van der Waals surface area contributed by atoms with Crippen LogP contribution in [0.15, 0.2) is 30.3 Å². The van der Waals surface area contributed by atoms with Gasteiger partial charge in [-0.05, 0) is 57.4 Å². The van der Waals surface area contributed by atoms with Gasteiger partial charge in [0, 0.05) is 18.1 Å². The van der Waals surface area contributed by atoms with Gasteiger partial charge in [0.15, 0.2) is 11.9 Å². The van der Waals surface area contributed by atoms with E-state index in [1.807, 2.05) is 25.1 Å². The molecule has 0 aliphatic rings. The molecule has 1 unspecified atom stereocenters. The number of aryl methyl sites for hydroxylation is 1. The quantitative estimate of drug-likeness (QED) is 0.227. The van der Waals surface area contributed by atoms with Crippen LogP contribution in [0.25, 0.3) is 0 Å². The molecule has 1 N–H and O–H groups in total. The number of aromatic hydroxyl groups is 1. The Labute approximate surface area is 202 Å². The van der Waals surface area contributed by atoms with Gasteiger partial charge in [-0.15, -0.1) is 0 Å². The fourth-order valence-corrected chi connectivity index (χ4v) is 3.52. The number of phenols is 1. The first-order valence-corrected chi connectivity index (χ1v) is 11.9. The number of hydrogen-bond donors (Lipinski definition) is 1. The van der Waals surface area contributed by atoms with Crippen LogP contribution in [0.4, 0.5) is 0 Å². The van der Waals surface area contributed by atoms with Crippen LogP contribution in [0.3, 0.4) is 0 Å². The van der Waals surface area contributed by atoms with Crippen molar-refractivity contribution in [2.24, 2.45) is 0 Å². The van der Waals surface area contributed by atoms with Crippen LogP contribution in [0.5, 0.6) is 23.0 Å². The Morgan fingerprint density at radius 1 is 1.00 bits per heavy atom. The minimum atomic E-state index is -0.710. The fourth-order valence-electron chi connectivity index (χ4n) is 3.52. The number of carbonyl (C=O) groups excluding carboxylic acids is 2. The highest BCUT2D eigenvalue weighted by molar-refractivity contribution is 5.97. The van der Waals surface area contributed by atoms with Crippen molar-refractivity contribution in [3.63, 3.8) is 0 Å². The summed E-state index contributed by atoms with van der Waals surface area (Å²) in [4.78, 5) is 23.6. The average Bonchev–Trinajstić information content (AvgIpc) is 2.80. The van der Waals surface area contributed by atoms with Crippen LogP contribution in [-0.2, 0) is 22.4 Å². The number of carbonyl (C=O) groups is 2. The minimum absolute atomic E-state index is 0.0750. The second kappa shape index (κ2) is 13.5. The Balaban J connectivity index is 1.99. The normalized spacial score (nSPS) is 11.6. The maximum absolute atomic E-state index is 12.0. The van der Waals surface area contributed by atoms with Crippen molar-refractivity contribution < 1.29 is 33.6 Å². The number of rotatable bonds is 14. The molecule has 0 saturated heterocycles. The third-order valence-electron chi connectivity index (χ3n) is 5.26. The molecule has 7 heteroatoms. The fraction of sp³-hybridized carbons (Fsp3) is 0.481. The summed E-state index contributed by atoms with van der Waals surface area (Å²) in [5.41, 5.74) is 2.09. The predicted molar refractivity (Wildman–Crippen MR) is 130 cm³/mol. The summed E-state index contributed by atoms with van der Waals surface area (Å²) in [5.74, 6) is 1.24. The van der Waals surface area contributed by atoms with Crippen molar-refractivity contribution in [2.75, 3.05) is 19.8 Å². The number of esters is 1.